The fourth-order valence-electron chi connectivity index (χ4n) is 3.39. The Morgan fingerprint density at radius 1 is 1.07 bits per heavy atom. The Morgan fingerprint density at radius 2 is 1.96 bits per heavy atom. The van der Waals surface area contributed by atoms with Gasteiger partial charge in [-0.15, -0.1) is 0 Å². The number of aliphatic imine (C=N–C) groups is 1. The molecule has 0 atom stereocenters. The Balaban J connectivity index is 1.56. The molecule has 0 radical (unpaired) electrons. The normalized spacial score (nSPS) is 15.5. The zero-order valence-corrected chi connectivity index (χ0v) is 16.3. The van der Waals surface area contributed by atoms with Gasteiger partial charge in [0, 0.05) is 31.4 Å². The maximum absolute atomic E-state index is 4.76. The first-order valence-electron chi connectivity index (χ1n) is 10.1. The van der Waals surface area contributed by atoms with Crippen LogP contribution in [0.3, 0.4) is 0 Å². The van der Waals surface area contributed by atoms with Crippen LogP contribution in [-0.4, -0.2) is 48.6 Å². The average molecular weight is 366 g/mol. The van der Waals surface area contributed by atoms with E-state index >= 15 is 0 Å². The lowest BCUT2D eigenvalue weighted by Crippen LogP contribution is -2.42. The average Bonchev–Trinajstić information content (AvgIpc) is 2.74. The van der Waals surface area contributed by atoms with E-state index in [9.17, 15) is 0 Å². The molecule has 5 nitrogen and oxygen atoms in total. The number of hydrogen-bond acceptors (Lipinski definition) is 3. The highest BCUT2D eigenvalue weighted by atomic mass is 15.2. The van der Waals surface area contributed by atoms with Crippen molar-refractivity contribution < 1.29 is 0 Å². The second-order valence-electron chi connectivity index (χ2n) is 6.94. The van der Waals surface area contributed by atoms with Gasteiger partial charge in [0.25, 0.3) is 0 Å². The van der Waals surface area contributed by atoms with Crippen molar-refractivity contribution in [1.29, 1.82) is 0 Å². The maximum atomic E-state index is 4.76. The number of guanidine groups is 1. The third-order valence-electron chi connectivity index (χ3n) is 4.82. The molecule has 3 rings (SSSR count). The molecule has 2 N–H and O–H groups in total. The summed E-state index contributed by atoms with van der Waals surface area (Å²) in [5.41, 5.74) is 3.31. The molecule has 144 valence electrons. The molecule has 1 saturated heterocycles. The smallest absolute Gasteiger partial charge is 0.191 e. The van der Waals surface area contributed by atoms with Gasteiger partial charge in [-0.25, -0.2) is 4.99 Å². The minimum absolute atomic E-state index is 0.653. The lowest BCUT2D eigenvalue weighted by Gasteiger charge is -2.26. The molecule has 1 aliphatic heterocycles. The number of nitrogens with zero attached hydrogens (tertiary/aromatic N) is 3. The number of pyridine rings is 1. The van der Waals surface area contributed by atoms with Crippen molar-refractivity contribution in [3.63, 3.8) is 0 Å². The van der Waals surface area contributed by atoms with E-state index < -0.39 is 0 Å². The van der Waals surface area contributed by atoms with Crippen molar-refractivity contribution >= 4 is 5.96 Å². The standard InChI is InChI=1S/C22H31N5/c1-2-23-22(25-13-16-27-14-6-3-7-15-27)26-18-19-9-8-10-20(17-19)21-11-4-5-12-24-21/h4-5,8-12,17H,2-3,6-7,13-16,18H2,1H3,(H2,23,25,26). The topological polar surface area (TPSA) is 52.6 Å². The van der Waals surface area contributed by atoms with Gasteiger partial charge in [-0.1, -0.05) is 30.7 Å². The number of benzene rings is 1. The summed E-state index contributed by atoms with van der Waals surface area (Å²) in [7, 11) is 0. The van der Waals surface area contributed by atoms with E-state index in [0.717, 1.165) is 36.9 Å². The molecule has 2 aromatic rings. The number of aromatic nitrogens is 1. The van der Waals surface area contributed by atoms with Crippen LogP contribution in [0.25, 0.3) is 11.3 Å². The van der Waals surface area contributed by atoms with Crippen LogP contribution in [-0.2, 0) is 6.54 Å². The Morgan fingerprint density at radius 3 is 2.74 bits per heavy atom. The van der Waals surface area contributed by atoms with Gasteiger partial charge in [-0.3, -0.25) is 4.98 Å². The van der Waals surface area contributed by atoms with E-state index in [4.69, 9.17) is 4.99 Å². The van der Waals surface area contributed by atoms with Crippen molar-refractivity contribution in [2.45, 2.75) is 32.7 Å². The Bertz CT molecular complexity index is 708. The third kappa shape index (κ3) is 6.36. The number of piperidine rings is 1. The Kier molecular flexibility index (Phi) is 7.66. The summed E-state index contributed by atoms with van der Waals surface area (Å²) in [4.78, 5) is 11.7. The van der Waals surface area contributed by atoms with Gasteiger partial charge in [-0.2, -0.15) is 0 Å². The summed E-state index contributed by atoms with van der Waals surface area (Å²) in [5.74, 6) is 0.887. The summed E-state index contributed by atoms with van der Waals surface area (Å²) in [6.45, 7) is 8.09. The molecular weight excluding hydrogens is 334 g/mol. The molecule has 0 aliphatic carbocycles. The maximum Gasteiger partial charge on any atom is 0.191 e. The van der Waals surface area contributed by atoms with Gasteiger partial charge in [0.2, 0.25) is 0 Å². The van der Waals surface area contributed by atoms with Crippen molar-refractivity contribution in [3.05, 3.63) is 54.2 Å². The molecular formula is C22H31N5. The van der Waals surface area contributed by atoms with Crippen molar-refractivity contribution in [1.82, 2.24) is 20.5 Å². The lowest BCUT2D eigenvalue weighted by atomic mass is 10.1. The molecule has 0 amide bonds. The number of likely N-dealkylation sites (tertiary alicyclic amines) is 1. The van der Waals surface area contributed by atoms with Gasteiger partial charge < -0.3 is 15.5 Å². The highest BCUT2D eigenvalue weighted by molar-refractivity contribution is 5.79. The molecule has 0 spiro atoms. The fourth-order valence-corrected chi connectivity index (χ4v) is 3.39. The minimum atomic E-state index is 0.653. The van der Waals surface area contributed by atoms with Crippen molar-refractivity contribution in [2.24, 2.45) is 4.99 Å². The van der Waals surface area contributed by atoms with Crippen LogP contribution >= 0.6 is 0 Å². The first kappa shape index (κ1) is 19.4. The molecule has 1 aliphatic rings. The zero-order chi connectivity index (χ0) is 18.7. The van der Waals surface area contributed by atoms with Crippen molar-refractivity contribution in [2.75, 3.05) is 32.7 Å². The molecule has 2 heterocycles. The molecule has 1 aromatic heterocycles. The molecule has 1 fully saturated rings. The van der Waals surface area contributed by atoms with Crippen LogP contribution in [0.15, 0.2) is 53.7 Å². The molecule has 1 aromatic carbocycles. The third-order valence-corrected chi connectivity index (χ3v) is 4.82. The summed E-state index contributed by atoms with van der Waals surface area (Å²) in [6.07, 6.45) is 5.88. The van der Waals surface area contributed by atoms with E-state index in [-0.39, 0.29) is 0 Å². The predicted molar refractivity (Wildman–Crippen MR) is 113 cm³/mol. The highest BCUT2D eigenvalue weighted by Gasteiger charge is 2.09. The molecule has 0 unspecified atom stereocenters. The largest absolute Gasteiger partial charge is 0.357 e. The first-order chi connectivity index (χ1) is 13.3. The van der Waals surface area contributed by atoms with Crippen LogP contribution in [0.5, 0.6) is 0 Å². The van der Waals surface area contributed by atoms with Gasteiger partial charge in [0.1, 0.15) is 0 Å². The molecule has 0 saturated carbocycles. The predicted octanol–water partition coefficient (Wildman–Crippen LogP) is 3.29. The fraction of sp³-hybridized carbons (Fsp3) is 0.455. The number of rotatable bonds is 7. The molecule has 5 heteroatoms. The summed E-state index contributed by atoms with van der Waals surface area (Å²) < 4.78 is 0. The van der Waals surface area contributed by atoms with E-state index in [1.807, 2.05) is 24.4 Å². The van der Waals surface area contributed by atoms with Crippen molar-refractivity contribution in [3.8, 4) is 11.3 Å². The van der Waals surface area contributed by atoms with Gasteiger partial charge in [-0.05, 0) is 56.6 Å². The summed E-state index contributed by atoms with van der Waals surface area (Å²) in [6, 6.07) is 14.5. The van der Waals surface area contributed by atoms with E-state index in [1.54, 1.807) is 0 Å². The summed E-state index contributed by atoms with van der Waals surface area (Å²) >= 11 is 0. The van der Waals surface area contributed by atoms with Gasteiger partial charge in [0.15, 0.2) is 5.96 Å². The zero-order valence-electron chi connectivity index (χ0n) is 16.3. The van der Waals surface area contributed by atoms with E-state index in [2.05, 4.69) is 51.7 Å². The number of nitrogens with one attached hydrogen (secondary N) is 2. The van der Waals surface area contributed by atoms with E-state index in [1.165, 1.54) is 37.9 Å². The minimum Gasteiger partial charge on any atom is -0.357 e. The molecule has 0 bridgehead atoms. The van der Waals surface area contributed by atoms with Crippen LogP contribution in [0.1, 0.15) is 31.7 Å². The Hall–Kier alpha value is -2.40. The van der Waals surface area contributed by atoms with Crippen LogP contribution in [0.2, 0.25) is 0 Å². The number of hydrogen-bond donors (Lipinski definition) is 2. The molecule has 27 heavy (non-hydrogen) atoms. The monoisotopic (exact) mass is 365 g/mol. The quantitative estimate of drug-likeness (QED) is 0.584. The highest BCUT2D eigenvalue weighted by Crippen LogP contribution is 2.18. The van der Waals surface area contributed by atoms with Crippen LogP contribution in [0, 0.1) is 0 Å². The van der Waals surface area contributed by atoms with Crippen LogP contribution < -0.4 is 10.6 Å². The van der Waals surface area contributed by atoms with Gasteiger partial charge in [0.05, 0.1) is 12.2 Å². The summed E-state index contributed by atoms with van der Waals surface area (Å²) in [5, 5.41) is 6.81. The first-order valence-corrected chi connectivity index (χ1v) is 10.1. The Labute approximate surface area is 162 Å². The van der Waals surface area contributed by atoms with E-state index in [0.29, 0.717) is 6.54 Å². The second-order valence-corrected chi connectivity index (χ2v) is 6.94. The lowest BCUT2D eigenvalue weighted by molar-refractivity contribution is 0.232. The SMILES string of the molecule is CCNC(=NCc1cccc(-c2ccccn2)c1)NCCN1CCCCC1. The second kappa shape index (κ2) is 10.7. The van der Waals surface area contributed by atoms with Crippen LogP contribution in [0.4, 0.5) is 0 Å². The van der Waals surface area contributed by atoms with Gasteiger partial charge >= 0.3 is 0 Å².